The second-order valence-electron chi connectivity index (χ2n) is 6.40. The summed E-state index contributed by atoms with van der Waals surface area (Å²) in [5, 5.41) is 0. The van der Waals surface area contributed by atoms with Gasteiger partial charge in [-0.15, -0.1) is 0 Å². The average Bonchev–Trinajstić information content (AvgIpc) is 3.12. The van der Waals surface area contributed by atoms with Gasteiger partial charge in [-0.1, -0.05) is 23.5 Å². The van der Waals surface area contributed by atoms with Gasteiger partial charge in [0.25, 0.3) is 5.91 Å². The van der Waals surface area contributed by atoms with Crippen LogP contribution in [0.2, 0.25) is 0 Å². The molecule has 0 aliphatic rings. The van der Waals surface area contributed by atoms with Gasteiger partial charge < -0.3 is 28.3 Å². The number of aromatic nitrogens is 1. The molecule has 0 atom stereocenters. The fourth-order valence-corrected chi connectivity index (χ4v) is 4.04. The average molecular weight is 461 g/mol. The van der Waals surface area contributed by atoms with Crippen molar-refractivity contribution in [3.63, 3.8) is 0 Å². The molecule has 0 unspecified atom stereocenters. The highest BCUT2D eigenvalue weighted by Crippen LogP contribution is 2.33. The van der Waals surface area contributed by atoms with E-state index in [1.165, 1.54) is 32.7 Å². The minimum Gasteiger partial charge on any atom is -0.493 e. The third-order valence-corrected chi connectivity index (χ3v) is 5.46. The Bertz CT molecular complexity index is 1180. The van der Waals surface area contributed by atoms with Gasteiger partial charge in [0.05, 0.1) is 38.2 Å². The van der Waals surface area contributed by atoms with Crippen LogP contribution in [0.15, 0.2) is 41.4 Å². The van der Waals surface area contributed by atoms with Gasteiger partial charge >= 0.3 is 5.97 Å². The van der Waals surface area contributed by atoms with Crippen molar-refractivity contribution in [2.75, 3.05) is 34.5 Å². The molecule has 0 radical (unpaired) electrons. The highest BCUT2D eigenvalue weighted by atomic mass is 32.1. The molecular weight excluding hydrogens is 436 g/mol. The van der Waals surface area contributed by atoms with E-state index in [0.717, 1.165) is 4.70 Å². The Morgan fingerprint density at radius 3 is 2.28 bits per heavy atom. The lowest BCUT2D eigenvalue weighted by Gasteiger charge is -2.09. The Hall–Kier alpha value is -3.53. The molecule has 3 aromatic rings. The van der Waals surface area contributed by atoms with Crippen LogP contribution in [0.25, 0.3) is 10.2 Å². The zero-order chi connectivity index (χ0) is 23.1. The highest BCUT2D eigenvalue weighted by molar-refractivity contribution is 7.16. The van der Waals surface area contributed by atoms with E-state index in [0.29, 0.717) is 33.3 Å². The number of esters is 1. The maximum atomic E-state index is 12.6. The Morgan fingerprint density at radius 2 is 1.62 bits per heavy atom. The van der Waals surface area contributed by atoms with Crippen molar-refractivity contribution >= 4 is 33.4 Å². The molecule has 32 heavy (non-hydrogen) atoms. The molecule has 0 spiro atoms. The van der Waals surface area contributed by atoms with E-state index in [1.807, 2.05) is 0 Å². The van der Waals surface area contributed by atoms with E-state index in [1.54, 1.807) is 47.9 Å². The number of para-hydroxylation sites is 2. The predicted molar refractivity (Wildman–Crippen MR) is 119 cm³/mol. The summed E-state index contributed by atoms with van der Waals surface area (Å²) in [6.07, 6.45) is 0. The van der Waals surface area contributed by atoms with E-state index in [4.69, 9.17) is 23.7 Å². The SMILES string of the molecule is CCOC(=O)Cn1c(=NC(=O)COc2ccccc2OC)sc2cc(OC)c(OC)cc21. The number of hydrogen-bond donors (Lipinski definition) is 0. The van der Waals surface area contributed by atoms with E-state index in [2.05, 4.69) is 4.99 Å². The van der Waals surface area contributed by atoms with Crippen molar-refractivity contribution in [2.24, 2.45) is 4.99 Å². The van der Waals surface area contributed by atoms with E-state index < -0.39 is 11.9 Å². The van der Waals surface area contributed by atoms with Gasteiger partial charge in [-0.25, -0.2) is 0 Å². The summed E-state index contributed by atoms with van der Waals surface area (Å²) in [5.41, 5.74) is 0.665. The second kappa shape index (κ2) is 10.7. The molecule has 0 aliphatic carbocycles. The summed E-state index contributed by atoms with van der Waals surface area (Å²) in [4.78, 5) is 29.3. The molecule has 1 aromatic heterocycles. The number of carbonyl (C=O) groups excluding carboxylic acids is 2. The normalized spacial score (nSPS) is 11.3. The topological polar surface area (TPSA) is 97.6 Å². The molecule has 0 saturated heterocycles. The number of hydrogen-bond acceptors (Lipinski definition) is 8. The Kier molecular flexibility index (Phi) is 7.72. The zero-order valence-corrected chi connectivity index (χ0v) is 19.1. The Morgan fingerprint density at radius 1 is 0.969 bits per heavy atom. The van der Waals surface area contributed by atoms with E-state index >= 15 is 0 Å². The monoisotopic (exact) mass is 460 g/mol. The first-order valence-corrected chi connectivity index (χ1v) is 10.6. The van der Waals surface area contributed by atoms with Crippen molar-refractivity contribution in [1.29, 1.82) is 0 Å². The third-order valence-electron chi connectivity index (χ3n) is 4.42. The number of thiazole rings is 1. The van der Waals surface area contributed by atoms with Crippen LogP contribution in [0.1, 0.15) is 6.92 Å². The molecule has 0 bridgehead atoms. The summed E-state index contributed by atoms with van der Waals surface area (Å²) < 4.78 is 29.0. The lowest BCUT2D eigenvalue weighted by molar-refractivity contribution is -0.143. The number of fused-ring (bicyclic) bond motifs is 1. The molecule has 170 valence electrons. The number of carbonyl (C=O) groups is 2. The largest absolute Gasteiger partial charge is 0.493 e. The molecule has 2 aromatic carbocycles. The van der Waals surface area contributed by atoms with Gasteiger partial charge in [0.1, 0.15) is 6.54 Å². The smallest absolute Gasteiger partial charge is 0.326 e. The fraction of sp³-hybridized carbons (Fsp3) is 0.318. The maximum absolute atomic E-state index is 12.6. The Labute approximate surface area is 188 Å². The highest BCUT2D eigenvalue weighted by Gasteiger charge is 2.16. The predicted octanol–water partition coefficient (Wildman–Crippen LogP) is 2.80. The first kappa shape index (κ1) is 23.1. The standard InChI is InChI=1S/C22H24N2O7S/c1-5-30-21(26)12-24-14-10-17(28-3)18(29-4)11-19(14)32-22(24)23-20(25)13-31-16-9-7-6-8-15(16)27-2/h6-11H,5,12-13H2,1-4H3. The van der Waals surface area contributed by atoms with E-state index in [-0.39, 0.29) is 19.8 Å². The number of benzene rings is 2. The van der Waals surface area contributed by atoms with Gasteiger partial charge in [-0.3, -0.25) is 9.59 Å². The molecule has 0 N–H and O–H groups in total. The molecule has 1 heterocycles. The number of ether oxygens (including phenoxy) is 5. The Balaban J connectivity index is 1.98. The van der Waals surface area contributed by atoms with Gasteiger partial charge in [0.2, 0.25) is 0 Å². The van der Waals surface area contributed by atoms with Gasteiger partial charge in [0, 0.05) is 12.1 Å². The second-order valence-corrected chi connectivity index (χ2v) is 7.40. The summed E-state index contributed by atoms with van der Waals surface area (Å²) in [5.74, 6) is 1.01. The number of amides is 1. The summed E-state index contributed by atoms with van der Waals surface area (Å²) in [6.45, 7) is 1.58. The van der Waals surface area contributed by atoms with Crippen molar-refractivity contribution in [3.8, 4) is 23.0 Å². The lowest BCUT2D eigenvalue weighted by atomic mass is 10.3. The molecule has 0 saturated carbocycles. The lowest BCUT2D eigenvalue weighted by Crippen LogP contribution is -2.24. The molecule has 0 aliphatic heterocycles. The first-order chi connectivity index (χ1) is 15.5. The van der Waals surface area contributed by atoms with Gasteiger partial charge in [-0.05, 0) is 19.1 Å². The third kappa shape index (κ3) is 5.20. The van der Waals surface area contributed by atoms with Crippen LogP contribution in [-0.4, -0.2) is 51.0 Å². The quantitative estimate of drug-likeness (QED) is 0.453. The van der Waals surface area contributed by atoms with Crippen LogP contribution in [0.5, 0.6) is 23.0 Å². The molecule has 9 nitrogen and oxygen atoms in total. The van der Waals surface area contributed by atoms with Crippen molar-refractivity contribution < 1.29 is 33.3 Å². The minimum absolute atomic E-state index is 0.108. The summed E-state index contributed by atoms with van der Waals surface area (Å²) in [6, 6.07) is 10.5. The molecule has 3 rings (SSSR count). The van der Waals surface area contributed by atoms with Crippen LogP contribution in [0.3, 0.4) is 0 Å². The first-order valence-electron chi connectivity index (χ1n) is 9.75. The van der Waals surface area contributed by atoms with Crippen LogP contribution in [0, 0.1) is 0 Å². The summed E-state index contributed by atoms with van der Waals surface area (Å²) in [7, 11) is 4.58. The number of rotatable bonds is 9. The van der Waals surface area contributed by atoms with Crippen LogP contribution >= 0.6 is 11.3 Å². The molecular formula is C22H24N2O7S. The number of methoxy groups -OCH3 is 3. The van der Waals surface area contributed by atoms with Gasteiger partial charge in [0.15, 0.2) is 34.4 Å². The minimum atomic E-state index is -0.515. The molecule has 0 fully saturated rings. The van der Waals surface area contributed by atoms with E-state index in [9.17, 15) is 9.59 Å². The van der Waals surface area contributed by atoms with Gasteiger partial charge in [-0.2, -0.15) is 4.99 Å². The van der Waals surface area contributed by atoms with Crippen LogP contribution in [-0.2, 0) is 20.9 Å². The zero-order valence-electron chi connectivity index (χ0n) is 18.2. The van der Waals surface area contributed by atoms with Crippen molar-refractivity contribution in [1.82, 2.24) is 4.57 Å². The molecule has 1 amide bonds. The van der Waals surface area contributed by atoms with Crippen LogP contribution in [0.4, 0.5) is 0 Å². The summed E-state index contributed by atoms with van der Waals surface area (Å²) >= 11 is 1.24. The maximum Gasteiger partial charge on any atom is 0.326 e. The fourth-order valence-electron chi connectivity index (χ4n) is 2.99. The van der Waals surface area contributed by atoms with Crippen LogP contribution < -0.4 is 23.7 Å². The molecule has 10 heteroatoms. The van der Waals surface area contributed by atoms with Crippen molar-refractivity contribution in [3.05, 3.63) is 41.2 Å². The van der Waals surface area contributed by atoms with Crippen molar-refractivity contribution in [2.45, 2.75) is 13.5 Å². The number of nitrogens with zero attached hydrogens (tertiary/aromatic N) is 2.